The van der Waals surface area contributed by atoms with Gasteiger partial charge in [0.25, 0.3) is 5.91 Å². The van der Waals surface area contributed by atoms with Crippen LogP contribution in [0.25, 0.3) is 21.7 Å². The Morgan fingerprint density at radius 1 is 1.03 bits per heavy atom. The second kappa shape index (κ2) is 8.13. The van der Waals surface area contributed by atoms with Crippen molar-refractivity contribution in [2.24, 2.45) is 0 Å². The van der Waals surface area contributed by atoms with Gasteiger partial charge in [0.05, 0.1) is 7.05 Å². The fourth-order valence-corrected chi connectivity index (χ4v) is 3.90. The molecule has 152 valence electrons. The summed E-state index contributed by atoms with van der Waals surface area (Å²) in [6, 6.07) is 19.3. The number of nitrogens with one attached hydrogen (secondary N) is 2. The second-order valence-electron chi connectivity index (χ2n) is 7.86. The summed E-state index contributed by atoms with van der Waals surface area (Å²) < 4.78 is 5.43. The molecule has 0 saturated carbocycles. The fraction of sp³-hybridized carbons (Fsp3) is 0.200. The molecule has 30 heavy (non-hydrogen) atoms. The molecule has 0 fully saturated rings. The Balaban J connectivity index is 1.59. The zero-order chi connectivity index (χ0) is 21.3. The zero-order valence-electron chi connectivity index (χ0n) is 17.4. The summed E-state index contributed by atoms with van der Waals surface area (Å²) in [7, 11) is 1.95. The smallest absolute Gasteiger partial charge is 0.336 e. The van der Waals surface area contributed by atoms with Crippen molar-refractivity contribution in [3.05, 3.63) is 87.8 Å². The van der Waals surface area contributed by atoms with Gasteiger partial charge in [0.15, 0.2) is 6.54 Å². The van der Waals surface area contributed by atoms with Crippen LogP contribution < -0.4 is 15.8 Å². The standard InChI is InChI=1S/C25H24N2O3/c1-16-7-6-10-21(17(16)2)26-23(28)15-27(3)14-19-13-24(29)30-22-12-11-18-8-4-5-9-20(18)25(19)22/h4-13H,14-15H2,1-3H3,(H,26,28)/p+1. The Labute approximate surface area is 174 Å². The van der Waals surface area contributed by atoms with E-state index in [9.17, 15) is 9.59 Å². The molecule has 0 bridgehead atoms. The normalized spacial score (nSPS) is 12.2. The van der Waals surface area contributed by atoms with Crippen molar-refractivity contribution in [1.29, 1.82) is 0 Å². The second-order valence-corrected chi connectivity index (χ2v) is 7.86. The van der Waals surface area contributed by atoms with E-state index in [-0.39, 0.29) is 11.5 Å². The summed E-state index contributed by atoms with van der Waals surface area (Å²) in [5, 5.41) is 6.07. The van der Waals surface area contributed by atoms with Crippen LogP contribution in [-0.2, 0) is 11.3 Å². The third-order valence-electron chi connectivity index (χ3n) is 5.55. The molecule has 2 N–H and O–H groups in total. The monoisotopic (exact) mass is 401 g/mol. The lowest BCUT2D eigenvalue weighted by Gasteiger charge is -2.16. The van der Waals surface area contributed by atoms with E-state index in [2.05, 4.69) is 5.32 Å². The minimum absolute atomic E-state index is 0.0571. The van der Waals surface area contributed by atoms with Crippen molar-refractivity contribution in [2.45, 2.75) is 20.4 Å². The highest BCUT2D eigenvalue weighted by Gasteiger charge is 2.16. The van der Waals surface area contributed by atoms with Gasteiger partial charge in [-0.3, -0.25) is 4.79 Å². The number of fused-ring (bicyclic) bond motifs is 3. The lowest BCUT2D eigenvalue weighted by atomic mass is 10.0. The van der Waals surface area contributed by atoms with Crippen molar-refractivity contribution in [1.82, 2.24) is 0 Å². The lowest BCUT2D eigenvalue weighted by molar-refractivity contribution is -0.885. The number of amides is 1. The molecule has 0 aliphatic rings. The van der Waals surface area contributed by atoms with Crippen LogP contribution in [0.4, 0.5) is 5.69 Å². The first-order chi connectivity index (χ1) is 14.4. The maximum absolute atomic E-state index is 12.6. The Morgan fingerprint density at radius 2 is 1.83 bits per heavy atom. The van der Waals surface area contributed by atoms with E-state index in [1.165, 1.54) is 0 Å². The molecule has 1 amide bonds. The summed E-state index contributed by atoms with van der Waals surface area (Å²) in [5.41, 5.74) is 4.13. The van der Waals surface area contributed by atoms with Crippen LogP contribution in [0.3, 0.4) is 0 Å². The number of likely N-dealkylation sites (N-methyl/N-ethyl adjacent to an activating group) is 1. The van der Waals surface area contributed by atoms with Crippen LogP contribution >= 0.6 is 0 Å². The highest BCUT2D eigenvalue weighted by Crippen LogP contribution is 2.27. The number of hydrogen-bond acceptors (Lipinski definition) is 3. The minimum Gasteiger partial charge on any atom is -0.423 e. The summed E-state index contributed by atoms with van der Waals surface area (Å²) in [6.07, 6.45) is 0. The number of quaternary nitrogens is 1. The lowest BCUT2D eigenvalue weighted by Crippen LogP contribution is -3.08. The van der Waals surface area contributed by atoms with Crippen molar-refractivity contribution in [3.63, 3.8) is 0 Å². The van der Waals surface area contributed by atoms with Gasteiger partial charge in [0, 0.05) is 22.7 Å². The Hall–Kier alpha value is -3.44. The summed E-state index contributed by atoms with van der Waals surface area (Å²) in [4.78, 5) is 25.7. The highest BCUT2D eigenvalue weighted by atomic mass is 16.4. The topological polar surface area (TPSA) is 63.8 Å². The van der Waals surface area contributed by atoms with Crippen LogP contribution in [0.5, 0.6) is 0 Å². The fourth-order valence-electron chi connectivity index (χ4n) is 3.90. The third-order valence-corrected chi connectivity index (χ3v) is 5.55. The van der Waals surface area contributed by atoms with E-state index in [0.717, 1.165) is 43.4 Å². The van der Waals surface area contributed by atoms with E-state index in [0.29, 0.717) is 18.7 Å². The van der Waals surface area contributed by atoms with Gasteiger partial charge in [-0.1, -0.05) is 42.5 Å². The predicted octanol–water partition coefficient (Wildman–Crippen LogP) is 3.22. The summed E-state index contributed by atoms with van der Waals surface area (Å²) in [6.45, 7) is 4.86. The molecule has 3 aromatic carbocycles. The molecule has 0 aliphatic carbocycles. The van der Waals surface area contributed by atoms with E-state index in [4.69, 9.17) is 4.42 Å². The SMILES string of the molecule is Cc1cccc(NC(=O)C[NH+](C)Cc2cc(=O)oc3ccc4ccccc4c23)c1C. The maximum atomic E-state index is 12.6. The predicted molar refractivity (Wildman–Crippen MR) is 120 cm³/mol. The Bertz CT molecular complexity index is 1310. The van der Waals surface area contributed by atoms with Gasteiger partial charge in [-0.05, 0) is 47.9 Å². The van der Waals surface area contributed by atoms with Crippen LogP contribution in [0, 0.1) is 13.8 Å². The highest BCUT2D eigenvalue weighted by molar-refractivity contribution is 6.07. The van der Waals surface area contributed by atoms with E-state index >= 15 is 0 Å². The van der Waals surface area contributed by atoms with Gasteiger partial charge in [-0.15, -0.1) is 0 Å². The number of benzene rings is 3. The van der Waals surface area contributed by atoms with Crippen LogP contribution in [0.1, 0.15) is 16.7 Å². The van der Waals surface area contributed by atoms with Crippen molar-refractivity contribution in [2.75, 3.05) is 18.9 Å². The quantitative estimate of drug-likeness (QED) is 0.399. The number of rotatable bonds is 5. The molecule has 1 heterocycles. The Kier molecular flexibility index (Phi) is 5.38. The number of hydrogen-bond donors (Lipinski definition) is 2. The van der Waals surface area contributed by atoms with Crippen molar-refractivity contribution in [3.8, 4) is 0 Å². The molecule has 0 radical (unpaired) electrons. The number of carbonyl (C=O) groups excluding carboxylic acids is 1. The average molecular weight is 401 g/mol. The van der Waals surface area contributed by atoms with Crippen molar-refractivity contribution < 1.29 is 14.1 Å². The summed E-state index contributed by atoms with van der Waals surface area (Å²) >= 11 is 0. The first-order valence-electron chi connectivity index (χ1n) is 10.0. The molecular weight excluding hydrogens is 376 g/mol. The molecule has 1 aromatic heterocycles. The number of carbonyl (C=O) groups is 1. The zero-order valence-corrected chi connectivity index (χ0v) is 17.4. The number of aryl methyl sites for hydroxylation is 1. The molecule has 5 nitrogen and oxygen atoms in total. The van der Waals surface area contributed by atoms with Gasteiger partial charge >= 0.3 is 5.63 Å². The van der Waals surface area contributed by atoms with Gasteiger partial charge in [-0.2, -0.15) is 0 Å². The average Bonchev–Trinajstić information content (AvgIpc) is 2.70. The van der Waals surface area contributed by atoms with Gasteiger partial charge in [0.2, 0.25) is 0 Å². The molecule has 0 spiro atoms. The largest absolute Gasteiger partial charge is 0.423 e. The molecule has 5 heteroatoms. The van der Waals surface area contributed by atoms with Gasteiger partial charge in [0.1, 0.15) is 12.1 Å². The molecular formula is C25H25N2O3+. The molecule has 1 unspecified atom stereocenters. The third kappa shape index (κ3) is 3.98. The first-order valence-corrected chi connectivity index (χ1v) is 10.0. The van der Waals surface area contributed by atoms with Crippen LogP contribution in [-0.4, -0.2) is 19.5 Å². The molecule has 4 rings (SSSR count). The molecule has 4 aromatic rings. The van der Waals surface area contributed by atoms with Crippen LogP contribution in [0.2, 0.25) is 0 Å². The van der Waals surface area contributed by atoms with E-state index < -0.39 is 0 Å². The summed E-state index contributed by atoms with van der Waals surface area (Å²) in [5.74, 6) is -0.0571. The van der Waals surface area contributed by atoms with Crippen LogP contribution in [0.15, 0.2) is 69.9 Å². The Morgan fingerprint density at radius 3 is 2.67 bits per heavy atom. The molecule has 0 aliphatic heterocycles. The number of anilines is 1. The van der Waals surface area contributed by atoms with Gasteiger partial charge < -0.3 is 14.6 Å². The molecule has 1 atom stereocenters. The maximum Gasteiger partial charge on any atom is 0.336 e. The van der Waals surface area contributed by atoms with E-state index in [1.54, 1.807) is 6.07 Å². The first kappa shape index (κ1) is 19.9. The minimum atomic E-state index is -0.375. The van der Waals surface area contributed by atoms with Crippen molar-refractivity contribution >= 4 is 33.3 Å². The molecule has 0 saturated heterocycles. The van der Waals surface area contributed by atoms with E-state index in [1.807, 2.05) is 75.5 Å². The van der Waals surface area contributed by atoms with Gasteiger partial charge in [-0.25, -0.2) is 4.79 Å².